The van der Waals surface area contributed by atoms with Gasteiger partial charge in [-0.15, -0.1) is 0 Å². The summed E-state index contributed by atoms with van der Waals surface area (Å²) in [5, 5.41) is 15.5. The fourth-order valence-electron chi connectivity index (χ4n) is 2.80. The molecule has 0 unspecified atom stereocenters. The number of halogens is 2. The van der Waals surface area contributed by atoms with Gasteiger partial charge in [0.1, 0.15) is 18.7 Å². The highest BCUT2D eigenvalue weighted by atomic mass is 35.5. The summed E-state index contributed by atoms with van der Waals surface area (Å²) in [5.74, 6) is -1.52. The zero-order chi connectivity index (χ0) is 23.7. The van der Waals surface area contributed by atoms with Gasteiger partial charge >= 0.3 is 12.1 Å². The van der Waals surface area contributed by atoms with Crippen LogP contribution in [0, 0.1) is 0 Å². The van der Waals surface area contributed by atoms with Gasteiger partial charge in [0, 0.05) is 16.5 Å². The average molecular weight is 483 g/mol. The van der Waals surface area contributed by atoms with Crippen molar-refractivity contribution in [2.45, 2.75) is 38.1 Å². The predicted octanol–water partition coefficient (Wildman–Crippen LogP) is 2.87. The summed E-state index contributed by atoms with van der Waals surface area (Å²) in [6.07, 6.45) is -2.15. The van der Waals surface area contributed by atoms with Gasteiger partial charge < -0.3 is 25.2 Å². The topological polar surface area (TPSA) is 114 Å². The summed E-state index contributed by atoms with van der Waals surface area (Å²) in [5.41, 5.74) is 1.31. The Labute approximate surface area is 195 Å². The molecular formula is C22H24Cl2N2O6. The fraction of sp³-hybridized carbons (Fsp3) is 0.318. The highest BCUT2D eigenvalue weighted by Crippen LogP contribution is 2.22. The molecule has 0 radical (unpaired) electrons. The Morgan fingerprint density at radius 1 is 1.06 bits per heavy atom. The van der Waals surface area contributed by atoms with Crippen molar-refractivity contribution in [3.8, 4) is 0 Å². The van der Waals surface area contributed by atoms with E-state index in [2.05, 4.69) is 10.6 Å². The molecule has 8 nitrogen and oxygen atoms in total. The smallest absolute Gasteiger partial charge is 0.408 e. The molecule has 0 aromatic heterocycles. The van der Waals surface area contributed by atoms with Gasteiger partial charge in [-0.3, -0.25) is 4.79 Å². The monoisotopic (exact) mass is 482 g/mol. The normalized spacial score (nSPS) is 13.4. The molecule has 2 amide bonds. The van der Waals surface area contributed by atoms with Gasteiger partial charge in [0.2, 0.25) is 5.91 Å². The standard InChI is InChI=1S/C22H24Cl2N2O6/c1-13(27)19(26-22(30)32-12-14-6-4-3-5-7-14)20(28)25-18(21(29)31-2)10-15-8-9-16(23)11-17(15)24/h3-9,11,13,18-19,27H,10,12H2,1-2H3,(H,25,28)(H,26,30)/t13-,18+,19+/m1/s1. The minimum Gasteiger partial charge on any atom is -0.467 e. The zero-order valence-corrected chi connectivity index (χ0v) is 19.0. The number of carbonyl (C=O) groups is 3. The molecule has 0 spiro atoms. The highest BCUT2D eigenvalue weighted by molar-refractivity contribution is 6.35. The number of hydrogen-bond acceptors (Lipinski definition) is 6. The van der Waals surface area contributed by atoms with Gasteiger partial charge in [-0.25, -0.2) is 9.59 Å². The highest BCUT2D eigenvalue weighted by Gasteiger charge is 2.31. The number of hydrogen-bond donors (Lipinski definition) is 3. The van der Waals surface area contributed by atoms with Crippen LogP contribution in [0.4, 0.5) is 4.79 Å². The van der Waals surface area contributed by atoms with Gasteiger partial charge in [0.05, 0.1) is 13.2 Å². The maximum absolute atomic E-state index is 12.8. The first-order chi connectivity index (χ1) is 15.2. The van der Waals surface area contributed by atoms with Crippen molar-refractivity contribution in [1.29, 1.82) is 0 Å². The number of esters is 1. The molecule has 0 aliphatic rings. The Morgan fingerprint density at radius 3 is 2.34 bits per heavy atom. The van der Waals surface area contributed by atoms with Crippen molar-refractivity contribution < 1.29 is 29.0 Å². The van der Waals surface area contributed by atoms with Crippen LogP contribution >= 0.6 is 23.2 Å². The molecule has 0 saturated carbocycles. The number of alkyl carbamates (subject to hydrolysis) is 1. The van der Waals surface area contributed by atoms with Crippen molar-refractivity contribution in [2.24, 2.45) is 0 Å². The van der Waals surface area contributed by atoms with E-state index in [1.165, 1.54) is 20.1 Å². The van der Waals surface area contributed by atoms with Crippen LogP contribution < -0.4 is 10.6 Å². The number of nitrogens with one attached hydrogen (secondary N) is 2. The number of methoxy groups -OCH3 is 1. The van der Waals surface area contributed by atoms with Crippen molar-refractivity contribution >= 4 is 41.2 Å². The Hall–Kier alpha value is -2.81. The van der Waals surface area contributed by atoms with Gasteiger partial charge in [-0.2, -0.15) is 0 Å². The van der Waals surface area contributed by atoms with Crippen LogP contribution in [0.5, 0.6) is 0 Å². The second-order valence-corrected chi connectivity index (χ2v) is 7.79. The largest absolute Gasteiger partial charge is 0.467 e. The molecule has 3 atom stereocenters. The molecule has 10 heteroatoms. The summed E-state index contributed by atoms with van der Waals surface area (Å²) in [6, 6.07) is 11.2. The van der Waals surface area contributed by atoms with Crippen LogP contribution in [-0.4, -0.2) is 48.4 Å². The van der Waals surface area contributed by atoms with Gasteiger partial charge in [-0.1, -0.05) is 59.6 Å². The average Bonchev–Trinajstić information content (AvgIpc) is 2.77. The molecule has 0 aliphatic heterocycles. The third-order valence-electron chi connectivity index (χ3n) is 4.49. The van der Waals surface area contributed by atoms with Gasteiger partial charge in [-0.05, 0) is 30.2 Å². The molecule has 0 aliphatic carbocycles. The van der Waals surface area contributed by atoms with Crippen LogP contribution in [0.15, 0.2) is 48.5 Å². The Balaban J connectivity index is 2.05. The quantitative estimate of drug-likeness (QED) is 0.473. The van der Waals surface area contributed by atoms with Crippen LogP contribution in [0.1, 0.15) is 18.1 Å². The molecule has 0 bridgehead atoms. The first-order valence-corrected chi connectivity index (χ1v) is 10.4. The lowest BCUT2D eigenvalue weighted by Gasteiger charge is -2.24. The number of amides is 2. The van der Waals surface area contributed by atoms with Crippen molar-refractivity contribution in [2.75, 3.05) is 7.11 Å². The van der Waals surface area contributed by atoms with Crippen LogP contribution in [0.25, 0.3) is 0 Å². The van der Waals surface area contributed by atoms with E-state index in [0.717, 1.165) is 5.56 Å². The lowest BCUT2D eigenvalue weighted by Crippen LogP contribution is -2.56. The Kier molecular flexibility index (Phi) is 9.77. The number of benzene rings is 2. The maximum atomic E-state index is 12.8. The van der Waals surface area contributed by atoms with Gasteiger partial charge in [0.25, 0.3) is 0 Å². The van der Waals surface area contributed by atoms with Crippen molar-refractivity contribution in [3.05, 3.63) is 69.7 Å². The number of aliphatic hydroxyl groups excluding tert-OH is 1. The van der Waals surface area contributed by atoms with E-state index in [1.807, 2.05) is 6.07 Å². The molecule has 2 aromatic carbocycles. The minimum atomic E-state index is -1.37. The third-order valence-corrected chi connectivity index (χ3v) is 5.08. The number of aliphatic hydroxyl groups is 1. The molecule has 2 rings (SSSR count). The molecule has 0 heterocycles. The summed E-state index contributed by atoms with van der Waals surface area (Å²) < 4.78 is 9.85. The van der Waals surface area contributed by atoms with E-state index in [1.54, 1.807) is 36.4 Å². The first kappa shape index (κ1) is 25.5. The van der Waals surface area contributed by atoms with Crippen LogP contribution in [-0.2, 0) is 32.1 Å². The number of carbonyl (C=O) groups excluding carboxylic acids is 3. The molecule has 32 heavy (non-hydrogen) atoms. The summed E-state index contributed by atoms with van der Waals surface area (Å²) in [4.78, 5) is 37.1. The summed E-state index contributed by atoms with van der Waals surface area (Å²) in [6.45, 7) is 1.31. The van der Waals surface area contributed by atoms with Gasteiger partial charge in [0.15, 0.2) is 0 Å². The number of rotatable bonds is 9. The molecule has 0 fully saturated rings. The SMILES string of the molecule is COC(=O)[C@H](Cc1ccc(Cl)cc1Cl)NC(=O)[C@@H](NC(=O)OCc1ccccc1)[C@@H](C)O. The van der Waals surface area contributed by atoms with Crippen LogP contribution in [0.3, 0.4) is 0 Å². The Bertz CT molecular complexity index is 939. The lowest BCUT2D eigenvalue weighted by molar-refractivity contribution is -0.145. The maximum Gasteiger partial charge on any atom is 0.408 e. The summed E-state index contributed by atoms with van der Waals surface area (Å²) in [7, 11) is 1.18. The predicted molar refractivity (Wildman–Crippen MR) is 119 cm³/mol. The molecular weight excluding hydrogens is 459 g/mol. The molecule has 2 aromatic rings. The minimum absolute atomic E-state index is 0.0132. The van der Waals surface area contributed by atoms with Crippen LogP contribution in [0.2, 0.25) is 10.0 Å². The van der Waals surface area contributed by atoms with E-state index in [0.29, 0.717) is 15.6 Å². The van der Waals surface area contributed by atoms with Crippen molar-refractivity contribution in [1.82, 2.24) is 10.6 Å². The zero-order valence-electron chi connectivity index (χ0n) is 17.5. The summed E-state index contributed by atoms with van der Waals surface area (Å²) >= 11 is 12.1. The van der Waals surface area contributed by atoms with E-state index >= 15 is 0 Å². The molecule has 172 valence electrons. The fourth-order valence-corrected chi connectivity index (χ4v) is 3.29. The van der Waals surface area contributed by atoms with E-state index in [9.17, 15) is 19.5 Å². The van der Waals surface area contributed by atoms with E-state index < -0.39 is 36.2 Å². The second-order valence-electron chi connectivity index (χ2n) is 6.95. The third kappa shape index (κ3) is 7.71. The lowest BCUT2D eigenvalue weighted by atomic mass is 10.0. The number of ether oxygens (including phenoxy) is 2. The van der Waals surface area contributed by atoms with Crippen molar-refractivity contribution in [3.63, 3.8) is 0 Å². The first-order valence-electron chi connectivity index (χ1n) is 9.68. The molecule has 3 N–H and O–H groups in total. The van der Waals surface area contributed by atoms with E-state index in [-0.39, 0.29) is 13.0 Å². The Morgan fingerprint density at radius 2 is 1.75 bits per heavy atom. The molecule has 0 saturated heterocycles. The second kappa shape index (κ2) is 12.3. The van der Waals surface area contributed by atoms with E-state index in [4.69, 9.17) is 32.7 Å².